The fraction of sp³-hybridized carbons (Fsp3) is 0.409. The van der Waals surface area contributed by atoms with Gasteiger partial charge in [-0.25, -0.2) is 17.1 Å². The highest BCUT2D eigenvalue weighted by Crippen LogP contribution is 2.45. The molecule has 0 aliphatic carbocycles. The predicted octanol–water partition coefficient (Wildman–Crippen LogP) is 6.56. The molecule has 0 unspecified atom stereocenters. The van der Waals surface area contributed by atoms with Gasteiger partial charge in [-0.2, -0.15) is 9.98 Å². The molecule has 0 saturated heterocycles. The molecular formula is C22H29ClFN3O3SSi. The van der Waals surface area contributed by atoms with Crippen LogP contribution in [-0.2, 0) is 10.0 Å². The maximum atomic E-state index is 13.8. The summed E-state index contributed by atoms with van der Waals surface area (Å²) in [5.74, 6) is -0.322. The number of sulfonamides is 1. The molecule has 0 aromatic heterocycles. The van der Waals surface area contributed by atoms with Crippen LogP contribution in [0.3, 0.4) is 0 Å². The summed E-state index contributed by atoms with van der Waals surface area (Å²) in [6.07, 6.45) is 0. The molecule has 0 bridgehead atoms. The Morgan fingerprint density at radius 1 is 1.09 bits per heavy atom. The number of benzene rings is 2. The minimum absolute atomic E-state index is 0.0317. The lowest BCUT2D eigenvalue weighted by Crippen LogP contribution is -2.44. The topological polar surface area (TPSA) is 71.3 Å². The second kappa shape index (κ2) is 9.45. The van der Waals surface area contributed by atoms with E-state index in [4.69, 9.17) is 16.0 Å². The summed E-state index contributed by atoms with van der Waals surface area (Å²) in [5, 5.41) is -0.174. The van der Waals surface area contributed by atoms with Gasteiger partial charge in [0.25, 0.3) is 8.32 Å². The second-order valence-electron chi connectivity index (χ2n) is 9.08. The van der Waals surface area contributed by atoms with Crippen LogP contribution in [0, 0.1) is 12.7 Å². The smallest absolute Gasteiger partial charge is 0.250 e. The van der Waals surface area contributed by atoms with Crippen molar-refractivity contribution in [2.75, 3.05) is 14.1 Å². The first kappa shape index (κ1) is 26.2. The predicted molar refractivity (Wildman–Crippen MR) is 130 cm³/mol. The molecule has 0 saturated carbocycles. The van der Waals surface area contributed by atoms with E-state index in [0.29, 0.717) is 11.3 Å². The zero-order chi connectivity index (χ0) is 24.5. The van der Waals surface area contributed by atoms with Gasteiger partial charge >= 0.3 is 0 Å². The summed E-state index contributed by atoms with van der Waals surface area (Å²) in [6, 6.07) is 10.1. The molecule has 32 heavy (non-hydrogen) atoms. The molecule has 0 atom stereocenters. The lowest BCUT2D eigenvalue weighted by molar-refractivity contribution is 0.473. The van der Waals surface area contributed by atoms with E-state index in [2.05, 4.69) is 16.0 Å². The lowest BCUT2D eigenvalue weighted by Gasteiger charge is -2.37. The molecule has 2 aromatic carbocycles. The van der Waals surface area contributed by atoms with E-state index in [1.165, 1.54) is 26.2 Å². The third-order valence-electron chi connectivity index (χ3n) is 5.53. The van der Waals surface area contributed by atoms with Crippen molar-refractivity contribution in [3.63, 3.8) is 0 Å². The minimum atomic E-state index is -3.94. The molecule has 6 nitrogen and oxygen atoms in total. The van der Waals surface area contributed by atoms with Gasteiger partial charge in [-0.05, 0) is 49.3 Å². The zero-order valence-corrected chi connectivity index (χ0v) is 22.2. The van der Waals surface area contributed by atoms with Gasteiger partial charge in [0.15, 0.2) is 5.75 Å². The number of hydrogen-bond acceptors (Lipinski definition) is 5. The standard InChI is InChI=1S/C22H29ClFN3O3SSi/c1-15-17(24)10-9-11-18(15)25-14-26-19-13-12-16(23)21(31(28,29)27(5)6)20(19)30-32(7,8)22(2,3)4/h9-13H,1-8H3. The maximum absolute atomic E-state index is 13.8. The molecule has 10 heteroatoms. The van der Waals surface area contributed by atoms with Gasteiger partial charge in [-0.3, -0.25) is 0 Å². The summed E-state index contributed by atoms with van der Waals surface area (Å²) < 4.78 is 47.4. The van der Waals surface area contributed by atoms with Crippen molar-refractivity contribution in [3.05, 3.63) is 46.7 Å². The van der Waals surface area contributed by atoms with Crippen LogP contribution in [0.15, 0.2) is 45.2 Å². The van der Waals surface area contributed by atoms with Crippen molar-refractivity contribution in [1.82, 2.24) is 4.31 Å². The van der Waals surface area contributed by atoms with E-state index in [0.717, 1.165) is 4.31 Å². The Morgan fingerprint density at radius 2 is 1.69 bits per heavy atom. The summed E-state index contributed by atoms with van der Waals surface area (Å²) >= 11 is 6.34. The van der Waals surface area contributed by atoms with E-state index in [1.807, 2.05) is 33.9 Å². The van der Waals surface area contributed by atoms with Gasteiger partial charge in [0.1, 0.15) is 22.4 Å². The lowest BCUT2D eigenvalue weighted by atomic mass is 10.2. The first-order valence-corrected chi connectivity index (χ1v) is 14.7. The van der Waals surface area contributed by atoms with Gasteiger partial charge in [0.05, 0.1) is 10.7 Å². The summed E-state index contributed by atoms with van der Waals surface area (Å²) in [4.78, 5) is 8.18. The Labute approximate surface area is 196 Å². The fourth-order valence-electron chi connectivity index (χ4n) is 2.40. The Hall–Kier alpha value is -2.03. The zero-order valence-electron chi connectivity index (χ0n) is 19.6. The van der Waals surface area contributed by atoms with Gasteiger partial charge < -0.3 is 4.43 Å². The van der Waals surface area contributed by atoms with Crippen molar-refractivity contribution in [2.45, 2.75) is 50.7 Å². The molecule has 2 rings (SSSR count). The molecule has 0 fully saturated rings. The molecule has 0 spiro atoms. The van der Waals surface area contributed by atoms with Crippen LogP contribution in [-0.4, -0.2) is 41.1 Å². The van der Waals surface area contributed by atoms with Gasteiger partial charge in [-0.1, -0.05) is 38.4 Å². The molecule has 0 heterocycles. The van der Waals surface area contributed by atoms with Crippen LogP contribution in [0.4, 0.5) is 15.8 Å². The SMILES string of the molecule is Cc1c(F)cccc1N=C=Nc1ccc(Cl)c(S(=O)(=O)N(C)C)c1O[Si](C)(C)C(C)(C)C. The molecule has 0 amide bonds. The van der Waals surface area contributed by atoms with Crippen molar-refractivity contribution < 1.29 is 17.2 Å². The monoisotopic (exact) mass is 497 g/mol. The van der Waals surface area contributed by atoms with Crippen LogP contribution in [0.2, 0.25) is 23.2 Å². The highest BCUT2D eigenvalue weighted by Gasteiger charge is 2.41. The molecular weight excluding hydrogens is 469 g/mol. The highest BCUT2D eigenvalue weighted by atomic mass is 35.5. The van der Waals surface area contributed by atoms with Crippen molar-refractivity contribution in [3.8, 4) is 5.75 Å². The summed E-state index contributed by atoms with van der Waals surface area (Å²) in [6.45, 7) is 11.7. The fourth-order valence-corrected chi connectivity index (χ4v) is 4.99. The van der Waals surface area contributed by atoms with Crippen molar-refractivity contribution in [1.29, 1.82) is 0 Å². The molecule has 0 N–H and O–H groups in total. The maximum Gasteiger partial charge on any atom is 0.250 e. The molecule has 0 radical (unpaired) electrons. The van der Waals surface area contributed by atoms with Crippen molar-refractivity contribution in [2.24, 2.45) is 9.98 Å². The number of rotatable bonds is 6. The van der Waals surface area contributed by atoms with E-state index in [9.17, 15) is 12.8 Å². The number of aliphatic imine (C=N–C) groups is 2. The molecule has 174 valence electrons. The van der Waals surface area contributed by atoms with Crippen LogP contribution >= 0.6 is 11.6 Å². The third kappa shape index (κ3) is 5.47. The molecule has 0 aliphatic rings. The molecule has 2 aromatic rings. The van der Waals surface area contributed by atoms with Crippen LogP contribution in [0.1, 0.15) is 26.3 Å². The van der Waals surface area contributed by atoms with E-state index in [1.54, 1.807) is 25.1 Å². The van der Waals surface area contributed by atoms with Gasteiger partial charge in [-0.15, -0.1) is 0 Å². The minimum Gasteiger partial charge on any atom is -0.541 e. The number of halogens is 2. The first-order chi connectivity index (χ1) is 14.6. The largest absolute Gasteiger partial charge is 0.541 e. The average Bonchev–Trinajstić information content (AvgIpc) is 2.65. The highest BCUT2D eigenvalue weighted by molar-refractivity contribution is 7.89. The summed E-state index contributed by atoms with van der Waals surface area (Å²) in [5.41, 5.74) is 0.952. The van der Waals surface area contributed by atoms with Crippen LogP contribution in [0.5, 0.6) is 5.75 Å². The van der Waals surface area contributed by atoms with Gasteiger partial charge in [0.2, 0.25) is 10.0 Å². The van der Waals surface area contributed by atoms with Crippen LogP contribution < -0.4 is 4.43 Å². The summed E-state index contributed by atoms with van der Waals surface area (Å²) in [7, 11) is -3.57. The van der Waals surface area contributed by atoms with E-state index < -0.39 is 18.3 Å². The van der Waals surface area contributed by atoms with Crippen LogP contribution in [0.25, 0.3) is 0 Å². The quantitative estimate of drug-likeness (QED) is 0.335. The Bertz CT molecular complexity index is 1190. The van der Waals surface area contributed by atoms with Crippen molar-refractivity contribution >= 4 is 47.3 Å². The Kier molecular flexibility index (Phi) is 7.74. The first-order valence-electron chi connectivity index (χ1n) is 9.95. The Balaban J connectivity index is 2.75. The van der Waals surface area contributed by atoms with E-state index in [-0.39, 0.29) is 32.2 Å². The Morgan fingerprint density at radius 3 is 2.25 bits per heavy atom. The average molecular weight is 498 g/mol. The normalized spacial score (nSPS) is 12.5. The number of hydrogen-bond donors (Lipinski definition) is 0. The third-order valence-corrected chi connectivity index (χ3v) is 12.2. The van der Waals surface area contributed by atoms with E-state index >= 15 is 0 Å². The molecule has 0 aliphatic heterocycles. The number of nitrogens with zero attached hydrogens (tertiary/aromatic N) is 3. The van der Waals surface area contributed by atoms with Gasteiger partial charge in [0, 0.05) is 19.7 Å². The second-order valence-corrected chi connectivity index (χ2v) is 16.3.